The molecule has 0 saturated heterocycles. The van der Waals surface area contributed by atoms with Crippen LogP contribution in [0.1, 0.15) is 79.0 Å². The predicted molar refractivity (Wildman–Crippen MR) is 95.6 cm³/mol. The van der Waals surface area contributed by atoms with Crippen LogP contribution in [0.3, 0.4) is 0 Å². The Labute approximate surface area is 149 Å². The van der Waals surface area contributed by atoms with Crippen LogP contribution in [-0.2, 0) is 9.47 Å². The van der Waals surface area contributed by atoms with Crippen molar-refractivity contribution in [1.82, 2.24) is 0 Å². The molecule has 0 aromatic heterocycles. The van der Waals surface area contributed by atoms with Crippen LogP contribution in [0.5, 0.6) is 0 Å². The lowest BCUT2D eigenvalue weighted by Gasteiger charge is -2.06. The molecule has 0 aliphatic carbocycles. The summed E-state index contributed by atoms with van der Waals surface area (Å²) in [5.41, 5.74) is 0.676. The van der Waals surface area contributed by atoms with Gasteiger partial charge in [0.05, 0.1) is 17.7 Å². The quantitative estimate of drug-likeness (QED) is 0.366. The number of hydrogen-bond donors (Lipinski definition) is 0. The molecular weight excluding hydrogens is 323 g/mol. The molecule has 0 fully saturated rings. The Morgan fingerprint density at radius 2 is 1.20 bits per heavy atom. The Morgan fingerprint density at radius 1 is 0.760 bits per heavy atom. The highest BCUT2D eigenvalue weighted by atomic mass is 19.1. The van der Waals surface area contributed by atoms with Gasteiger partial charge >= 0.3 is 11.9 Å². The van der Waals surface area contributed by atoms with Crippen molar-refractivity contribution in [3.05, 3.63) is 35.4 Å². The average molecular weight is 352 g/mol. The van der Waals surface area contributed by atoms with Crippen LogP contribution < -0.4 is 0 Å². The maximum Gasteiger partial charge on any atom is 0.338 e. The number of ether oxygens (including phenoxy) is 2. The predicted octanol–water partition coefficient (Wildman–Crippen LogP) is 5.11. The zero-order valence-electron chi connectivity index (χ0n) is 15.1. The average Bonchev–Trinajstić information content (AvgIpc) is 2.64. The van der Waals surface area contributed by atoms with E-state index in [9.17, 15) is 14.0 Å². The maximum absolute atomic E-state index is 12.0. The third kappa shape index (κ3) is 9.22. The van der Waals surface area contributed by atoms with Gasteiger partial charge in [-0.25, -0.2) is 14.0 Å². The van der Waals surface area contributed by atoms with Gasteiger partial charge in [0.25, 0.3) is 0 Å². The second-order valence-corrected chi connectivity index (χ2v) is 6.01. The molecule has 0 heterocycles. The molecule has 1 aromatic carbocycles. The Bertz CT molecular complexity index is 499. The number of halogens is 1. The van der Waals surface area contributed by atoms with Crippen LogP contribution in [-0.4, -0.2) is 31.8 Å². The second kappa shape index (κ2) is 13.4. The third-order valence-corrected chi connectivity index (χ3v) is 3.90. The van der Waals surface area contributed by atoms with E-state index in [1.165, 1.54) is 62.8 Å². The van der Waals surface area contributed by atoms with E-state index in [0.29, 0.717) is 12.2 Å². The van der Waals surface area contributed by atoms with E-state index < -0.39 is 18.6 Å². The number of unbranched alkanes of at least 4 members (excludes halogenated alkanes) is 7. The van der Waals surface area contributed by atoms with Crippen molar-refractivity contribution >= 4 is 11.9 Å². The number of esters is 2. The van der Waals surface area contributed by atoms with Gasteiger partial charge in [-0.05, 0) is 30.7 Å². The fourth-order valence-electron chi connectivity index (χ4n) is 2.44. The minimum Gasteiger partial charge on any atom is -0.462 e. The van der Waals surface area contributed by atoms with Crippen LogP contribution in [0.2, 0.25) is 0 Å². The molecule has 0 radical (unpaired) electrons. The fourth-order valence-corrected chi connectivity index (χ4v) is 2.44. The van der Waals surface area contributed by atoms with Gasteiger partial charge in [0, 0.05) is 0 Å². The van der Waals surface area contributed by atoms with Crippen LogP contribution in [0, 0.1) is 0 Å². The first-order chi connectivity index (χ1) is 12.2. The van der Waals surface area contributed by atoms with Gasteiger partial charge in [0.15, 0.2) is 0 Å². The number of rotatable bonds is 13. The largest absolute Gasteiger partial charge is 0.462 e. The summed E-state index contributed by atoms with van der Waals surface area (Å²) < 4.78 is 21.9. The van der Waals surface area contributed by atoms with Crippen molar-refractivity contribution in [2.24, 2.45) is 0 Å². The van der Waals surface area contributed by atoms with Crippen LogP contribution >= 0.6 is 0 Å². The molecule has 0 amide bonds. The van der Waals surface area contributed by atoms with Gasteiger partial charge in [0.1, 0.15) is 13.3 Å². The van der Waals surface area contributed by atoms with Crippen LogP contribution in [0.15, 0.2) is 24.3 Å². The molecule has 0 spiro atoms. The van der Waals surface area contributed by atoms with Gasteiger partial charge in [-0.1, -0.05) is 51.9 Å². The van der Waals surface area contributed by atoms with E-state index in [2.05, 4.69) is 11.7 Å². The van der Waals surface area contributed by atoms with Gasteiger partial charge in [-0.2, -0.15) is 0 Å². The summed E-state index contributed by atoms with van der Waals surface area (Å²) in [6, 6.07) is 5.99. The Kier molecular flexibility index (Phi) is 11.3. The van der Waals surface area contributed by atoms with Crippen molar-refractivity contribution in [1.29, 1.82) is 0 Å². The van der Waals surface area contributed by atoms with Crippen molar-refractivity contribution in [3.63, 3.8) is 0 Å². The summed E-state index contributed by atoms with van der Waals surface area (Å²) in [5.74, 6) is -0.997. The second-order valence-electron chi connectivity index (χ2n) is 6.01. The van der Waals surface area contributed by atoms with Crippen LogP contribution in [0.25, 0.3) is 0 Å². The molecule has 25 heavy (non-hydrogen) atoms. The molecule has 0 bridgehead atoms. The number of benzene rings is 1. The highest BCUT2D eigenvalue weighted by molar-refractivity contribution is 5.93. The van der Waals surface area contributed by atoms with E-state index in [1.54, 1.807) is 0 Å². The monoisotopic (exact) mass is 352 g/mol. The molecule has 0 saturated carbocycles. The first-order valence-electron chi connectivity index (χ1n) is 9.19. The highest BCUT2D eigenvalue weighted by Gasteiger charge is 2.10. The minimum absolute atomic E-state index is 0.263. The zero-order chi connectivity index (χ0) is 18.3. The summed E-state index contributed by atoms with van der Waals surface area (Å²) in [4.78, 5) is 23.5. The number of hydrogen-bond acceptors (Lipinski definition) is 4. The summed E-state index contributed by atoms with van der Waals surface area (Å²) in [6.07, 6.45) is 9.52. The smallest absolute Gasteiger partial charge is 0.338 e. The normalized spacial score (nSPS) is 10.5. The van der Waals surface area contributed by atoms with E-state index in [1.807, 2.05) is 0 Å². The van der Waals surface area contributed by atoms with Gasteiger partial charge in [-0.15, -0.1) is 0 Å². The lowest BCUT2D eigenvalue weighted by molar-refractivity contribution is 0.0473. The molecule has 0 aliphatic heterocycles. The summed E-state index contributed by atoms with van der Waals surface area (Å²) in [7, 11) is 0. The van der Waals surface area contributed by atoms with Crippen molar-refractivity contribution in [2.75, 3.05) is 19.9 Å². The molecule has 0 N–H and O–H groups in total. The summed E-state index contributed by atoms with van der Waals surface area (Å²) in [6.45, 7) is 1.64. The summed E-state index contributed by atoms with van der Waals surface area (Å²) >= 11 is 0. The molecule has 1 rings (SSSR count). The highest BCUT2D eigenvalue weighted by Crippen LogP contribution is 2.10. The Hall–Kier alpha value is -1.91. The molecule has 140 valence electrons. The third-order valence-electron chi connectivity index (χ3n) is 3.90. The Balaban J connectivity index is 2.19. The van der Waals surface area contributed by atoms with Crippen molar-refractivity contribution in [3.8, 4) is 0 Å². The van der Waals surface area contributed by atoms with Crippen molar-refractivity contribution in [2.45, 2.75) is 58.3 Å². The van der Waals surface area contributed by atoms with Crippen LogP contribution in [0.4, 0.5) is 4.39 Å². The van der Waals surface area contributed by atoms with E-state index in [4.69, 9.17) is 4.74 Å². The Morgan fingerprint density at radius 3 is 1.68 bits per heavy atom. The van der Waals surface area contributed by atoms with Gasteiger partial charge < -0.3 is 9.47 Å². The van der Waals surface area contributed by atoms with Gasteiger partial charge in [0.2, 0.25) is 0 Å². The van der Waals surface area contributed by atoms with Crippen molar-refractivity contribution < 1.29 is 23.5 Å². The maximum atomic E-state index is 12.0. The molecule has 4 nitrogen and oxygen atoms in total. The first-order valence-corrected chi connectivity index (χ1v) is 9.19. The molecule has 0 atom stereocenters. The molecule has 0 aliphatic rings. The lowest BCUT2D eigenvalue weighted by atomic mass is 10.1. The van der Waals surface area contributed by atoms with E-state index >= 15 is 0 Å². The van der Waals surface area contributed by atoms with Gasteiger partial charge in [-0.3, -0.25) is 0 Å². The number of alkyl halides is 1. The van der Waals surface area contributed by atoms with E-state index in [-0.39, 0.29) is 12.2 Å². The number of carbonyl (C=O) groups is 2. The molecule has 0 unspecified atom stereocenters. The molecule has 1 aromatic rings. The number of carbonyl (C=O) groups excluding carboxylic acids is 2. The molecule has 5 heteroatoms. The molecular formula is C20H29FO4. The summed E-state index contributed by atoms with van der Waals surface area (Å²) in [5, 5.41) is 0. The zero-order valence-corrected chi connectivity index (χ0v) is 15.1. The van der Waals surface area contributed by atoms with E-state index in [0.717, 1.165) is 12.8 Å². The fraction of sp³-hybridized carbons (Fsp3) is 0.600. The standard InChI is InChI=1S/C20H29FO4/c1-2-3-4-5-6-7-8-9-15-24-19(22)17-10-12-18(13-11-17)20(23)25-16-14-21/h10-13H,2-9,14-16H2,1H3. The lowest BCUT2D eigenvalue weighted by Crippen LogP contribution is -2.09. The topological polar surface area (TPSA) is 52.6 Å². The SMILES string of the molecule is CCCCCCCCCCOC(=O)c1ccc(C(=O)OCCF)cc1. The first kappa shape index (κ1) is 21.1. The minimum atomic E-state index is -0.713.